The molecule has 2 aliphatic heterocycles. The van der Waals surface area contributed by atoms with Crippen molar-refractivity contribution in [1.29, 1.82) is 0 Å². The number of fused-ring (bicyclic) bond motifs is 1. The van der Waals surface area contributed by atoms with E-state index in [1.54, 1.807) is 0 Å². The van der Waals surface area contributed by atoms with Gasteiger partial charge in [0, 0.05) is 35.1 Å². The molecule has 1 aliphatic carbocycles. The van der Waals surface area contributed by atoms with Crippen molar-refractivity contribution < 1.29 is 4.79 Å². The molecule has 3 fully saturated rings. The van der Waals surface area contributed by atoms with Crippen LogP contribution < -0.4 is 0 Å². The summed E-state index contributed by atoms with van der Waals surface area (Å²) < 4.78 is 0. The maximum absolute atomic E-state index is 12.9. The molecule has 1 saturated carbocycles. The van der Waals surface area contributed by atoms with Crippen LogP contribution in [-0.4, -0.2) is 51.3 Å². The number of likely N-dealkylation sites (tertiary alicyclic amines) is 2. The molecule has 0 amide bonds. The summed E-state index contributed by atoms with van der Waals surface area (Å²) in [6.07, 6.45) is 4.46. The fraction of sp³-hybridized carbons (Fsp3) is 0.968. The van der Waals surface area contributed by atoms with E-state index in [1.807, 2.05) is 34.6 Å². The van der Waals surface area contributed by atoms with Gasteiger partial charge in [-0.15, -0.1) is 0 Å². The van der Waals surface area contributed by atoms with Crippen molar-refractivity contribution in [2.45, 2.75) is 159 Å². The Morgan fingerprint density at radius 1 is 0.824 bits per heavy atom. The molecule has 0 N–H and O–H groups in total. The molecule has 0 bridgehead atoms. The van der Waals surface area contributed by atoms with Crippen molar-refractivity contribution in [3.8, 4) is 0 Å². The van der Waals surface area contributed by atoms with Crippen molar-refractivity contribution in [2.75, 3.05) is 6.54 Å². The quantitative estimate of drug-likeness (QED) is 0.380. The number of rotatable bonds is 1. The lowest BCUT2D eigenvalue weighted by Crippen LogP contribution is -2.54. The molecule has 6 atom stereocenters. The maximum Gasteiger partial charge on any atom is 0.155 e. The molecule has 0 aromatic rings. The summed E-state index contributed by atoms with van der Waals surface area (Å²) in [5.74, 6) is 2.80. The first-order chi connectivity index (χ1) is 15.2. The third-order valence-electron chi connectivity index (χ3n) is 9.35. The van der Waals surface area contributed by atoms with Crippen LogP contribution in [0.3, 0.4) is 0 Å². The second kappa shape index (κ2) is 10.9. The number of carbonyl (C=O) groups excluding carboxylic acids is 1. The number of nitrogens with zero attached hydrogens (tertiary/aromatic N) is 2. The third kappa shape index (κ3) is 6.47. The molecular weight excluding hydrogens is 416 g/mol. The van der Waals surface area contributed by atoms with Crippen LogP contribution >= 0.6 is 0 Å². The molecule has 3 heteroatoms. The molecule has 2 heterocycles. The zero-order valence-electron chi connectivity index (χ0n) is 26.1. The zero-order chi connectivity index (χ0) is 27.0. The lowest BCUT2D eigenvalue weighted by molar-refractivity contribution is -0.134. The molecule has 3 unspecified atom stereocenters. The Kier molecular flexibility index (Phi) is 10.1. The van der Waals surface area contributed by atoms with Gasteiger partial charge >= 0.3 is 0 Å². The van der Waals surface area contributed by atoms with Crippen LogP contribution in [0, 0.1) is 28.6 Å². The molecule has 0 aromatic carbocycles. The van der Waals surface area contributed by atoms with Crippen LogP contribution in [0.1, 0.15) is 130 Å². The first-order valence-electron chi connectivity index (χ1n) is 14.3. The van der Waals surface area contributed by atoms with Gasteiger partial charge < -0.3 is 0 Å². The van der Waals surface area contributed by atoms with Crippen LogP contribution in [0.5, 0.6) is 0 Å². The Morgan fingerprint density at radius 3 is 1.71 bits per heavy atom. The minimum atomic E-state index is -0.275. The zero-order valence-corrected chi connectivity index (χ0v) is 26.1. The lowest BCUT2D eigenvalue weighted by Gasteiger charge is -2.42. The average molecular weight is 479 g/mol. The normalized spacial score (nSPS) is 34.1. The highest BCUT2D eigenvalue weighted by molar-refractivity contribution is 5.89. The fourth-order valence-electron chi connectivity index (χ4n) is 6.88. The van der Waals surface area contributed by atoms with Gasteiger partial charge in [0.1, 0.15) is 0 Å². The topological polar surface area (TPSA) is 23.6 Å². The molecular formula is C31H62N2O. The lowest BCUT2D eigenvalue weighted by atomic mass is 9.73. The third-order valence-corrected chi connectivity index (χ3v) is 9.35. The van der Waals surface area contributed by atoms with Gasteiger partial charge in [0.2, 0.25) is 0 Å². The number of hydrogen-bond donors (Lipinski definition) is 0. The second-order valence-electron chi connectivity index (χ2n) is 14.8. The van der Waals surface area contributed by atoms with Gasteiger partial charge in [-0.05, 0) is 91.4 Å². The van der Waals surface area contributed by atoms with E-state index in [-0.39, 0.29) is 22.4 Å². The van der Waals surface area contributed by atoms with E-state index in [4.69, 9.17) is 0 Å². The standard InChI is InChI=1S/C17H33NO.C12H23N.C2H6/c1-11-13(14(19)15(3,4)5)18(16(6,7)8)12(2)17(11,9)10;1-9-11-7-5-6-10(11)8-13(9)12(2,3)4;1-2/h11-13H,1-10H3;9-11H,5-8H2,1-4H3;1-2H3/t;9-,10+,11-;/m.1./s1. The van der Waals surface area contributed by atoms with Crippen molar-refractivity contribution in [2.24, 2.45) is 28.6 Å². The summed E-state index contributed by atoms with van der Waals surface area (Å²) in [5, 5.41) is 0. The fourth-order valence-corrected chi connectivity index (χ4v) is 6.88. The molecule has 3 rings (SSSR count). The highest BCUT2D eigenvalue weighted by Crippen LogP contribution is 2.49. The summed E-state index contributed by atoms with van der Waals surface area (Å²) in [4.78, 5) is 18.1. The molecule has 34 heavy (non-hydrogen) atoms. The van der Waals surface area contributed by atoms with E-state index in [0.29, 0.717) is 23.3 Å². The Labute approximate surface area is 214 Å². The summed E-state index contributed by atoms with van der Waals surface area (Å²) in [7, 11) is 0. The highest BCUT2D eigenvalue weighted by Gasteiger charge is 2.56. The largest absolute Gasteiger partial charge is 0.297 e. The molecule has 202 valence electrons. The van der Waals surface area contributed by atoms with Crippen molar-refractivity contribution >= 4 is 5.78 Å². The smallest absolute Gasteiger partial charge is 0.155 e. The summed E-state index contributed by atoms with van der Waals surface area (Å²) in [5.41, 5.74) is 0.290. The second-order valence-corrected chi connectivity index (χ2v) is 14.8. The number of Topliss-reactive ketones (excluding diaryl/α,β-unsaturated/α-hetero) is 1. The van der Waals surface area contributed by atoms with Crippen LogP contribution in [0.15, 0.2) is 0 Å². The van der Waals surface area contributed by atoms with E-state index in [1.165, 1.54) is 25.8 Å². The van der Waals surface area contributed by atoms with E-state index < -0.39 is 0 Å². The van der Waals surface area contributed by atoms with Crippen molar-refractivity contribution in [1.82, 2.24) is 9.80 Å². The first-order valence-corrected chi connectivity index (χ1v) is 14.3. The minimum absolute atomic E-state index is 0.0209. The van der Waals surface area contributed by atoms with E-state index in [2.05, 4.69) is 86.0 Å². The van der Waals surface area contributed by atoms with Gasteiger partial charge in [0.25, 0.3) is 0 Å². The van der Waals surface area contributed by atoms with Crippen molar-refractivity contribution in [3.05, 3.63) is 0 Å². The van der Waals surface area contributed by atoms with Gasteiger partial charge in [0.05, 0.1) is 6.04 Å². The Bertz CT molecular complexity index is 660. The minimum Gasteiger partial charge on any atom is -0.297 e. The summed E-state index contributed by atoms with van der Waals surface area (Å²) >= 11 is 0. The van der Waals surface area contributed by atoms with Gasteiger partial charge in [-0.2, -0.15) is 0 Å². The number of carbonyl (C=O) groups is 1. The van der Waals surface area contributed by atoms with Gasteiger partial charge in [0.15, 0.2) is 5.78 Å². The molecule has 3 nitrogen and oxygen atoms in total. The first kappa shape index (κ1) is 31.6. The molecule has 0 radical (unpaired) electrons. The molecule has 0 spiro atoms. The molecule has 0 aromatic heterocycles. The Morgan fingerprint density at radius 2 is 1.32 bits per heavy atom. The summed E-state index contributed by atoms with van der Waals surface area (Å²) in [6.45, 7) is 36.8. The Balaban J connectivity index is 0.000000334. The van der Waals surface area contributed by atoms with E-state index in [0.717, 1.165) is 17.9 Å². The van der Waals surface area contributed by atoms with Crippen LogP contribution in [0.25, 0.3) is 0 Å². The predicted molar refractivity (Wildman–Crippen MR) is 150 cm³/mol. The van der Waals surface area contributed by atoms with Gasteiger partial charge in [-0.25, -0.2) is 0 Å². The van der Waals surface area contributed by atoms with Gasteiger partial charge in [-0.1, -0.05) is 61.8 Å². The number of hydrogen-bond acceptors (Lipinski definition) is 3. The van der Waals surface area contributed by atoms with Crippen LogP contribution in [0.2, 0.25) is 0 Å². The van der Waals surface area contributed by atoms with Crippen molar-refractivity contribution in [3.63, 3.8) is 0 Å². The molecule has 3 aliphatic rings. The maximum atomic E-state index is 12.9. The molecule has 2 saturated heterocycles. The number of ketones is 1. The SMILES string of the molecule is CC.CC1C(C(=O)C(C)(C)C)N(C(C)(C)C)C(C)C1(C)C.C[C@@H]1[C@H]2CCC[C@H]2CN1C(C)(C)C. The highest BCUT2D eigenvalue weighted by atomic mass is 16.1. The monoisotopic (exact) mass is 478 g/mol. The van der Waals surface area contributed by atoms with E-state index >= 15 is 0 Å². The predicted octanol–water partition coefficient (Wildman–Crippen LogP) is 8.07. The van der Waals surface area contributed by atoms with Gasteiger partial charge in [-0.3, -0.25) is 14.6 Å². The van der Waals surface area contributed by atoms with Crippen LogP contribution in [0.4, 0.5) is 0 Å². The summed E-state index contributed by atoms with van der Waals surface area (Å²) in [6, 6.07) is 1.27. The average Bonchev–Trinajstić information content (AvgIpc) is 3.31. The Hall–Kier alpha value is -0.410. The van der Waals surface area contributed by atoms with Crippen LogP contribution in [-0.2, 0) is 4.79 Å². The van der Waals surface area contributed by atoms with E-state index in [9.17, 15) is 4.79 Å².